The molecule has 4 rings (SSSR count). The summed E-state index contributed by atoms with van der Waals surface area (Å²) in [6, 6.07) is 16.9. The van der Waals surface area contributed by atoms with Crippen LogP contribution in [-0.4, -0.2) is 33.8 Å². The molecule has 0 saturated heterocycles. The molecule has 0 aliphatic rings. The number of benzene rings is 2. The normalized spacial score (nSPS) is 11.4. The number of furan rings is 1. The van der Waals surface area contributed by atoms with E-state index in [0.29, 0.717) is 34.3 Å². The van der Waals surface area contributed by atoms with Crippen LogP contribution in [0.3, 0.4) is 0 Å². The minimum absolute atomic E-state index is 0.0649. The Labute approximate surface area is 203 Å². The molecule has 0 bridgehead atoms. The first-order chi connectivity index (χ1) is 16.4. The van der Waals surface area contributed by atoms with Crippen LogP contribution in [0.4, 0.5) is 0 Å². The molecule has 0 fully saturated rings. The van der Waals surface area contributed by atoms with Crippen molar-refractivity contribution >= 4 is 41.4 Å². The second-order valence-electron chi connectivity index (χ2n) is 6.80. The van der Waals surface area contributed by atoms with Crippen molar-refractivity contribution in [2.45, 2.75) is 12.1 Å². The molecule has 2 aromatic heterocycles. The molecule has 4 aromatic rings. The Kier molecular flexibility index (Phi) is 7.15. The van der Waals surface area contributed by atoms with Crippen molar-refractivity contribution in [3.05, 3.63) is 81.9 Å². The number of hydrogen-bond acceptors (Lipinski definition) is 8. The van der Waals surface area contributed by atoms with Gasteiger partial charge in [0.2, 0.25) is 5.89 Å². The number of nitrogens with zero attached hydrogens (tertiary/aromatic N) is 2. The van der Waals surface area contributed by atoms with Crippen molar-refractivity contribution in [3.63, 3.8) is 0 Å². The third-order valence-electron chi connectivity index (χ3n) is 4.49. The lowest BCUT2D eigenvalue weighted by atomic mass is 10.1. The van der Waals surface area contributed by atoms with Gasteiger partial charge in [0.15, 0.2) is 0 Å². The van der Waals surface area contributed by atoms with Crippen LogP contribution in [0.15, 0.2) is 79.6 Å². The topological polar surface area (TPSA) is 116 Å². The van der Waals surface area contributed by atoms with Crippen molar-refractivity contribution in [2.24, 2.45) is 0 Å². The maximum Gasteiger partial charge on any atom is 0.342 e. The van der Waals surface area contributed by atoms with Crippen LogP contribution in [0.5, 0.6) is 0 Å². The number of aliphatic carboxylic acids is 1. The predicted octanol–water partition coefficient (Wildman–Crippen LogP) is 6.04. The van der Waals surface area contributed by atoms with E-state index in [2.05, 4.69) is 10.2 Å². The van der Waals surface area contributed by atoms with Crippen molar-refractivity contribution in [1.82, 2.24) is 10.2 Å². The summed E-state index contributed by atoms with van der Waals surface area (Å²) in [5, 5.41) is 18.1. The Balaban J connectivity index is 1.50. The first-order valence-electron chi connectivity index (χ1n) is 10.0. The minimum atomic E-state index is -1.17. The molecule has 0 radical (unpaired) electrons. The average molecular weight is 497 g/mol. The smallest absolute Gasteiger partial charge is 0.342 e. The molecule has 0 aliphatic heterocycles. The Morgan fingerprint density at radius 3 is 2.38 bits per heavy atom. The maximum atomic E-state index is 11.8. The molecule has 8 nitrogen and oxygen atoms in total. The van der Waals surface area contributed by atoms with E-state index < -0.39 is 11.9 Å². The van der Waals surface area contributed by atoms with E-state index in [1.165, 1.54) is 6.08 Å². The van der Waals surface area contributed by atoms with Gasteiger partial charge in [-0.25, -0.2) is 9.59 Å². The number of halogens is 1. The molecule has 10 heteroatoms. The summed E-state index contributed by atoms with van der Waals surface area (Å²) in [6.45, 7) is 2.04. The number of ether oxygens (including phenoxy) is 1. The SMILES string of the molecule is CCOC(=O)c1ccc(-c2ccc(/C=C(\Sc3nnc(-c4ccc(Cl)cc4)o3)C(=O)O)o2)cc1. The molecule has 0 amide bonds. The van der Waals surface area contributed by atoms with E-state index >= 15 is 0 Å². The molecule has 0 unspecified atom stereocenters. The molecular weight excluding hydrogens is 480 g/mol. The van der Waals surface area contributed by atoms with Gasteiger partial charge in [-0.1, -0.05) is 23.7 Å². The molecule has 2 aromatic carbocycles. The standard InChI is InChI=1S/C24H17ClN2O6S/c1-2-31-23(30)16-5-3-14(4-6-16)19-12-11-18(32-19)13-20(22(28)29)34-24-27-26-21(33-24)15-7-9-17(25)10-8-15/h3-13H,2H2,1H3,(H,28,29)/b20-13-. The summed E-state index contributed by atoms with van der Waals surface area (Å²) in [4.78, 5) is 23.5. The van der Waals surface area contributed by atoms with E-state index in [4.69, 9.17) is 25.2 Å². The van der Waals surface area contributed by atoms with Crippen molar-refractivity contribution in [3.8, 4) is 22.8 Å². The number of carbonyl (C=O) groups is 2. The van der Waals surface area contributed by atoms with E-state index in [1.807, 2.05) is 0 Å². The minimum Gasteiger partial charge on any atom is -0.477 e. The summed E-state index contributed by atoms with van der Waals surface area (Å²) in [5.74, 6) is -0.491. The second kappa shape index (κ2) is 10.4. The number of hydrogen-bond donors (Lipinski definition) is 1. The van der Waals surface area contributed by atoms with Crippen LogP contribution in [0.2, 0.25) is 5.02 Å². The molecule has 1 N–H and O–H groups in total. The number of carbonyl (C=O) groups excluding carboxylic acids is 1. The molecular formula is C24H17ClN2O6S. The summed E-state index contributed by atoms with van der Waals surface area (Å²) in [7, 11) is 0. The highest BCUT2D eigenvalue weighted by Crippen LogP contribution is 2.31. The fraction of sp³-hybridized carbons (Fsp3) is 0.0833. The van der Waals surface area contributed by atoms with E-state index in [1.54, 1.807) is 67.6 Å². The molecule has 0 spiro atoms. The third-order valence-corrected chi connectivity index (χ3v) is 5.59. The summed E-state index contributed by atoms with van der Waals surface area (Å²) in [6.07, 6.45) is 1.37. The van der Waals surface area contributed by atoms with Crippen molar-refractivity contribution < 1.29 is 28.3 Å². The lowest BCUT2D eigenvalue weighted by molar-refractivity contribution is -0.131. The number of carboxylic acids is 1. The average Bonchev–Trinajstić information content (AvgIpc) is 3.49. The number of rotatable bonds is 8. The van der Waals surface area contributed by atoms with Gasteiger partial charge in [0.25, 0.3) is 5.22 Å². The highest BCUT2D eigenvalue weighted by atomic mass is 35.5. The van der Waals surface area contributed by atoms with Crippen molar-refractivity contribution in [1.29, 1.82) is 0 Å². The summed E-state index contributed by atoms with van der Waals surface area (Å²) < 4.78 is 16.3. The molecule has 0 saturated carbocycles. The van der Waals surface area contributed by atoms with Gasteiger partial charge in [-0.15, -0.1) is 10.2 Å². The van der Waals surface area contributed by atoms with Crippen molar-refractivity contribution in [2.75, 3.05) is 6.61 Å². The maximum absolute atomic E-state index is 11.8. The molecule has 2 heterocycles. The Morgan fingerprint density at radius 2 is 1.71 bits per heavy atom. The van der Waals surface area contributed by atoms with Crippen LogP contribution in [0.1, 0.15) is 23.0 Å². The van der Waals surface area contributed by atoms with Gasteiger partial charge < -0.3 is 18.7 Å². The highest BCUT2D eigenvalue weighted by molar-refractivity contribution is 8.03. The van der Waals surface area contributed by atoms with Gasteiger partial charge in [-0.05, 0) is 67.2 Å². The lowest BCUT2D eigenvalue weighted by Crippen LogP contribution is -2.03. The zero-order valence-corrected chi connectivity index (χ0v) is 19.3. The largest absolute Gasteiger partial charge is 0.477 e. The monoisotopic (exact) mass is 496 g/mol. The van der Waals surface area contributed by atoms with E-state index in [-0.39, 0.29) is 16.0 Å². The Morgan fingerprint density at radius 1 is 1.00 bits per heavy atom. The van der Waals surface area contributed by atoms with Gasteiger partial charge >= 0.3 is 11.9 Å². The fourth-order valence-corrected chi connectivity index (χ4v) is 3.67. The van der Waals surface area contributed by atoms with Gasteiger partial charge in [0, 0.05) is 22.2 Å². The Hall–Kier alpha value is -3.82. The number of esters is 1. The van der Waals surface area contributed by atoms with Gasteiger partial charge in [-0.3, -0.25) is 0 Å². The Bertz CT molecular complexity index is 1340. The van der Waals surface area contributed by atoms with Crippen LogP contribution in [0.25, 0.3) is 28.9 Å². The molecule has 34 heavy (non-hydrogen) atoms. The number of aromatic nitrogens is 2. The van der Waals surface area contributed by atoms with E-state index in [9.17, 15) is 14.7 Å². The quantitative estimate of drug-likeness (QED) is 0.177. The number of carboxylic acid groups (broad SMARTS) is 1. The summed E-state index contributed by atoms with van der Waals surface area (Å²) >= 11 is 6.69. The third kappa shape index (κ3) is 5.56. The number of thioether (sulfide) groups is 1. The zero-order valence-electron chi connectivity index (χ0n) is 17.7. The summed E-state index contributed by atoms with van der Waals surface area (Å²) in [5.41, 5.74) is 1.82. The molecule has 0 aliphatic carbocycles. The molecule has 0 atom stereocenters. The van der Waals surface area contributed by atoms with Gasteiger partial charge in [0.05, 0.1) is 12.2 Å². The predicted molar refractivity (Wildman–Crippen MR) is 126 cm³/mol. The lowest BCUT2D eigenvalue weighted by Gasteiger charge is -2.02. The highest BCUT2D eigenvalue weighted by Gasteiger charge is 2.17. The van der Waals surface area contributed by atoms with Crippen LogP contribution in [-0.2, 0) is 9.53 Å². The first-order valence-corrected chi connectivity index (χ1v) is 11.2. The van der Waals surface area contributed by atoms with Crippen LogP contribution < -0.4 is 0 Å². The molecule has 172 valence electrons. The fourth-order valence-electron chi connectivity index (χ4n) is 2.89. The van der Waals surface area contributed by atoms with Crippen LogP contribution >= 0.6 is 23.4 Å². The first kappa shape index (κ1) is 23.3. The van der Waals surface area contributed by atoms with E-state index in [0.717, 1.165) is 17.3 Å². The second-order valence-corrected chi connectivity index (χ2v) is 8.23. The van der Waals surface area contributed by atoms with Gasteiger partial charge in [0.1, 0.15) is 16.4 Å². The van der Waals surface area contributed by atoms with Gasteiger partial charge in [-0.2, -0.15) is 0 Å². The van der Waals surface area contributed by atoms with Crippen LogP contribution in [0, 0.1) is 0 Å². The zero-order chi connectivity index (χ0) is 24.1.